The minimum Gasteiger partial charge on any atom is -0.327 e. The summed E-state index contributed by atoms with van der Waals surface area (Å²) in [6.45, 7) is 4.17. The first-order chi connectivity index (χ1) is 8.40. The maximum absolute atomic E-state index is 13.0. The molecule has 108 valence electrons. The maximum atomic E-state index is 13.0. The van der Waals surface area contributed by atoms with Gasteiger partial charge in [0, 0.05) is 6.04 Å². The molecule has 0 heterocycles. The molecule has 0 amide bonds. The van der Waals surface area contributed by atoms with Gasteiger partial charge < -0.3 is 5.73 Å². The van der Waals surface area contributed by atoms with Gasteiger partial charge >= 0.3 is 6.18 Å². The molecule has 3 atom stereocenters. The van der Waals surface area contributed by atoms with E-state index in [1.54, 1.807) is 0 Å². The van der Waals surface area contributed by atoms with E-state index in [-0.39, 0.29) is 18.4 Å². The van der Waals surface area contributed by atoms with Crippen LogP contribution < -0.4 is 5.73 Å². The smallest absolute Gasteiger partial charge is 0.327 e. The summed E-state index contributed by atoms with van der Waals surface area (Å²) in [6.07, 6.45) is 1.19. The van der Waals surface area contributed by atoms with Gasteiger partial charge in [0.2, 0.25) is 0 Å². The first kappa shape index (κ1) is 15.8. The standard InChI is InChI=1S/C14H26F3N/c1-3-10(4-2)9-13(18)11-7-5-6-8-12(11)14(15,16)17/h10-13H,3-9,18H2,1-2H3. The normalized spacial score (nSPS) is 27.5. The molecule has 0 bridgehead atoms. The van der Waals surface area contributed by atoms with Gasteiger partial charge in [-0.05, 0) is 31.1 Å². The third kappa shape index (κ3) is 4.15. The molecule has 0 aliphatic heterocycles. The highest BCUT2D eigenvalue weighted by atomic mass is 19.4. The van der Waals surface area contributed by atoms with Crippen molar-refractivity contribution in [3.63, 3.8) is 0 Å². The second-order valence-electron chi connectivity index (χ2n) is 5.68. The summed E-state index contributed by atoms with van der Waals surface area (Å²) in [4.78, 5) is 0. The molecule has 4 heteroatoms. The topological polar surface area (TPSA) is 26.0 Å². The van der Waals surface area contributed by atoms with Gasteiger partial charge in [-0.3, -0.25) is 0 Å². The van der Waals surface area contributed by atoms with Gasteiger partial charge in [-0.2, -0.15) is 13.2 Å². The predicted molar refractivity (Wildman–Crippen MR) is 68.2 cm³/mol. The van der Waals surface area contributed by atoms with Gasteiger partial charge in [0.1, 0.15) is 0 Å². The van der Waals surface area contributed by atoms with Gasteiger partial charge in [0.05, 0.1) is 5.92 Å². The van der Waals surface area contributed by atoms with Gasteiger partial charge in [-0.25, -0.2) is 0 Å². The van der Waals surface area contributed by atoms with E-state index in [0.29, 0.717) is 18.8 Å². The molecular weight excluding hydrogens is 239 g/mol. The van der Waals surface area contributed by atoms with Crippen LogP contribution in [0.2, 0.25) is 0 Å². The largest absolute Gasteiger partial charge is 0.392 e. The van der Waals surface area contributed by atoms with Crippen LogP contribution in [-0.2, 0) is 0 Å². The Kier molecular flexibility index (Phi) is 5.96. The van der Waals surface area contributed by atoms with Crippen LogP contribution in [-0.4, -0.2) is 12.2 Å². The summed E-state index contributed by atoms with van der Waals surface area (Å²) in [7, 11) is 0. The number of hydrogen-bond acceptors (Lipinski definition) is 1. The van der Waals surface area contributed by atoms with Gasteiger partial charge in [0.15, 0.2) is 0 Å². The molecule has 1 aliphatic rings. The zero-order chi connectivity index (χ0) is 13.8. The van der Waals surface area contributed by atoms with Crippen LogP contribution >= 0.6 is 0 Å². The molecule has 0 radical (unpaired) electrons. The lowest BCUT2D eigenvalue weighted by Gasteiger charge is -2.37. The molecule has 1 rings (SSSR count). The van der Waals surface area contributed by atoms with Crippen LogP contribution in [0.5, 0.6) is 0 Å². The third-order valence-electron chi connectivity index (χ3n) is 4.55. The average Bonchev–Trinajstić information content (AvgIpc) is 2.34. The Morgan fingerprint density at radius 2 is 1.67 bits per heavy atom. The molecule has 1 aliphatic carbocycles. The van der Waals surface area contributed by atoms with Crippen LogP contribution in [0.1, 0.15) is 58.8 Å². The molecule has 0 aromatic carbocycles. The Morgan fingerprint density at radius 3 is 2.17 bits per heavy atom. The highest BCUT2D eigenvalue weighted by Gasteiger charge is 2.47. The monoisotopic (exact) mass is 265 g/mol. The zero-order valence-corrected chi connectivity index (χ0v) is 11.5. The number of hydrogen-bond donors (Lipinski definition) is 1. The molecule has 18 heavy (non-hydrogen) atoms. The summed E-state index contributed by atoms with van der Waals surface area (Å²) in [6, 6.07) is -0.290. The van der Waals surface area contributed by atoms with Crippen LogP contribution in [0.15, 0.2) is 0 Å². The summed E-state index contributed by atoms with van der Waals surface area (Å²) in [5.41, 5.74) is 6.09. The van der Waals surface area contributed by atoms with Gasteiger partial charge in [-0.15, -0.1) is 0 Å². The zero-order valence-electron chi connectivity index (χ0n) is 11.5. The number of alkyl halides is 3. The molecular formula is C14H26F3N. The van der Waals surface area contributed by atoms with E-state index in [1.807, 2.05) is 0 Å². The van der Waals surface area contributed by atoms with Crippen LogP contribution in [0.3, 0.4) is 0 Å². The minimum absolute atomic E-state index is 0.269. The van der Waals surface area contributed by atoms with Crippen molar-refractivity contribution in [2.75, 3.05) is 0 Å². The molecule has 1 nitrogen and oxygen atoms in total. The van der Waals surface area contributed by atoms with Crippen molar-refractivity contribution in [1.29, 1.82) is 0 Å². The quantitative estimate of drug-likeness (QED) is 0.777. The van der Waals surface area contributed by atoms with E-state index in [2.05, 4.69) is 13.8 Å². The summed E-state index contributed by atoms with van der Waals surface area (Å²) in [5, 5.41) is 0. The third-order valence-corrected chi connectivity index (χ3v) is 4.55. The number of nitrogens with two attached hydrogens (primary N) is 1. The summed E-state index contributed by atoms with van der Waals surface area (Å²) in [5.74, 6) is -1.06. The molecule has 1 fully saturated rings. The Bertz CT molecular complexity index is 236. The van der Waals surface area contributed by atoms with E-state index in [9.17, 15) is 13.2 Å². The van der Waals surface area contributed by atoms with Crippen molar-refractivity contribution in [3.05, 3.63) is 0 Å². The van der Waals surface area contributed by atoms with Gasteiger partial charge in [0.25, 0.3) is 0 Å². The molecule has 0 aromatic heterocycles. The first-order valence-corrected chi connectivity index (χ1v) is 7.22. The molecule has 1 saturated carbocycles. The van der Waals surface area contributed by atoms with Crippen molar-refractivity contribution in [2.45, 2.75) is 71.0 Å². The van der Waals surface area contributed by atoms with Crippen molar-refractivity contribution >= 4 is 0 Å². The van der Waals surface area contributed by atoms with Crippen LogP contribution in [0.4, 0.5) is 13.2 Å². The van der Waals surface area contributed by atoms with Crippen molar-refractivity contribution in [1.82, 2.24) is 0 Å². The van der Waals surface area contributed by atoms with Gasteiger partial charge in [-0.1, -0.05) is 39.5 Å². The molecule has 0 spiro atoms. The van der Waals surface area contributed by atoms with E-state index in [1.165, 1.54) is 0 Å². The Morgan fingerprint density at radius 1 is 1.11 bits per heavy atom. The van der Waals surface area contributed by atoms with Crippen molar-refractivity contribution in [3.8, 4) is 0 Å². The summed E-state index contributed by atoms with van der Waals surface area (Å²) >= 11 is 0. The number of rotatable bonds is 5. The highest BCUT2D eigenvalue weighted by molar-refractivity contribution is 4.87. The lowest BCUT2D eigenvalue weighted by Crippen LogP contribution is -2.44. The molecule has 2 N–H and O–H groups in total. The Labute approximate surface area is 108 Å². The SMILES string of the molecule is CCC(CC)CC(N)C1CCCCC1C(F)(F)F. The van der Waals surface area contributed by atoms with E-state index < -0.39 is 12.1 Å². The Hall–Kier alpha value is -0.250. The predicted octanol–water partition coefficient (Wildman–Crippen LogP) is 4.51. The van der Waals surface area contributed by atoms with Crippen LogP contribution in [0, 0.1) is 17.8 Å². The fourth-order valence-electron chi connectivity index (χ4n) is 3.26. The molecule has 0 aromatic rings. The van der Waals surface area contributed by atoms with E-state index >= 15 is 0 Å². The van der Waals surface area contributed by atoms with E-state index in [4.69, 9.17) is 5.73 Å². The summed E-state index contributed by atoms with van der Waals surface area (Å²) < 4.78 is 39.0. The molecule has 3 unspecified atom stereocenters. The van der Waals surface area contributed by atoms with Crippen LogP contribution in [0.25, 0.3) is 0 Å². The highest BCUT2D eigenvalue weighted by Crippen LogP contribution is 2.43. The average molecular weight is 265 g/mol. The maximum Gasteiger partial charge on any atom is 0.392 e. The molecule has 0 saturated heterocycles. The lowest BCUT2D eigenvalue weighted by molar-refractivity contribution is -0.198. The fourth-order valence-corrected chi connectivity index (χ4v) is 3.26. The Balaban J connectivity index is 2.65. The lowest BCUT2D eigenvalue weighted by atomic mass is 9.72. The number of halogens is 3. The first-order valence-electron chi connectivity index (χ1n) is 7.22. The second-order valence-corrected chi connectivity index (χ2v) is 5.68. The van der Waals surface area contributed by atoms with E-state index in [0.717, 1.165) is 25.7 Å². The van der Waals surface area contributed by atoms with Crippen molar-refractivity contribution < 1.29 is 13.2 Å². The minimum atomic E-state index is -4.07. The second kappa shape index (κ2) is 6.78. The fraction of sp³-hybridized carbons (Fsp3) is 1.00. The van der Waals surface area contributed by atoms with Crippen molar-refractivity contribution in [2.24, 2.45) is 23.5 Å².